The number of esters is 1. The Morgan fingerprint density at radius 1 is 1.12 bits per heavy atom. The first-order valence-corrected chi connectivity index (χ1v) is 7.36. The standard InChI is InChI=1S/C18H16N2O4/c1-20-17(21)15-9-4-3-8-14(15)16(19-20)18(22)24-11-12-6-5-7-13(10-12)23-2/h3-10H,11H2,1-2H3. The Morgan fingerprint density at radius 2 is 1.88 bits per heavy atom. The van der Waals surface area contributed by atoms with Crippen molar-refractivity contribution in [1.82, 2.24) is 9.78 Å². The molecule has 3 aromatic rings. The molecule has 24 heavy (non-hydrogen) atoms. The Balaban J connectivity index is 1.89. The molecule has 0 bridgehead atoms. The fourth-order valence-corrected chi connectivity index (χ4v) is 2.43. The molecule has 0 amide bonds. The lowest BCUT2D eigenvalue weighted by Gasteiger charge is -2.09. The molecule has 0 fully saturated rings. The molecule has 0 saturated carbocycles. The van der Waals surface area contributed by atoms with Crippen LogP contribution in [0.4, 0.5) is 0 Å². The number of aryl methyl sites for hydroxylation is 1. The first kappa shape index (κ1) is 15.7. The van der Waals surface area contributed by atoms with E-state index >= 15 is 0 Å². The summed E-state index contributed by atoms with van der Waals surface area (Å²) in [5, 5.41) is 4.97. The van der Waals surface area contributed by atoms with E-state index in [0.29, 0.717) is 16.5 Å². The number of rotatable bonds is 4. The number of methoxy groups -OCH3 is 1. The summed E-state index contributed by atoms with van der Waals surface area (Å²) in [5.74, 6) is 0.110. The summed E-state index contributed by atoms with van der Waals surface area (Å²) in [5.41, 5.74) is 0.669. The maximum absolute atomic E-state index is 12.4. The Labute approximate surface area is 138 Å². The summed E-state index contributed by atoms with van der Waals surface area (Å²) in [6, 6.07) is 14.1. The summed E-state index contributed by atoms with van der Waals surface area (Å²) >= 11 is 0. The number of hydrogen-bond acceptors (Lipinski definition) is 5. The van der Waals surface area contributed by atoms with Crippen LogP contribution in [0.2, 0.25) is 0 Å². The monoisotopic (exact) mass is 324 g/mol. The number of benzene rings is 2. The number of carbonyl (C=O) groups excluding carboxylic acids is 1. The molecule has 0 N–H and O–H groups in total. The highest BCUT2D eigenvalue weighted by molar-refractivity contribution is 6.02. The molecule has 2 aromatic carbocycles. The third kappa shape index (κ3) is 2.99. The van der Waals surface area contributed by atoms with E-state index in [9.17, 15) is 9.59 Å². The third-order valence-electron chi connectivity index (χ3n) is 3.65. The van der Waals surface area contributed by atoms with Gasteiger partial charge in [0, 0.05) is 12.4 Å². The van der Waals surface area contributed by atoms with Crippen molar-refractivity contribution in [1.29, 1.82) is 0 Å². The average molecular weight is 324 g/mol. The van der Waals surface area contributed by atoms with Gasteiger partial charge < -0.3 is 9.47 Å². The van der Waals surface area contributed by atoms with Crippen molar-refractivity contribution in [2.75, 3.05) is 7.11 Å². The molecule has 0 unspecified atom stereocenters. The lowest BCUT2D eigenvalue weighted by atomic mass is 10.1. The smallest absolute Gasteiger partial charge is 0.359 e. The predicted molar refractivity (Wildman–Crippen MR) is 89.1 cm³/mol. The summed E-state index contributed by atoms with van der Waals surface area (Å²) in [4.78, 5) is 24.5. The van der Waals surface area contributed by atoms with Crippen LogP contribution in [0.25, 0.3) is 10.8 Å². The number of carbonyl (C=O) groups is 1. The van der Waals surface area contributed by atoms with Gasteiger partial charge in [-0.25, -0.2) is 9.48 Å². The lowest BCUT2D eigenvalue weighted by Crippen LogP contribution is -2.23. The van der Waals surface area contributed by atoms with E-state index in [-0.39, 0.29) is 17.9 Å². The zero-order valence-corrected chi connectivity index (χ0v) is 13.4. The summed E-state index contributed by atoms with van der Waals surface area (Å²) in [6.07, 6.45) is 0. The molecular weight excluding hydrogens is 308 g/mol. The van der Waals surface area contributed by atoms with Crippen molar-refractivity contribution in [3.05, 3.63) is 70.1 Å². The van der Waals surface area contributed by atoms with Crippen LogP contribution in [0.5, 0.6) is 5.75 Å². The quantitative estimate of drug-likeness (QED) is 0.689. The molecule has 3 rings (SSSR count). The van der Waals surface area contributed by atoms with Gasteiger partial charge in [-0.15, -0.1) is 0 Å². The van der Waals surface area contributed by atoms with Crippen LogP contribution in [0.15, 0.2) is 53.3 Å². The topological polar surface area (TPSA) is 70.4 Å². The second-order valence-electron chi connectivity index (χ2n) is 5.25. The van der Waals surface area contributed by atoms with Gasteiger partial charge >= 0.3 is 5.97 Å². The SMILES string of the molecule is COc1cccc(COC(=O)c2nn(C)c(=O)c3ccccc23)c1. The van der Waals surface area contributed by atoms with E-state index in [0.717, 1.165) is 10.2 Å². The molecule has 0 aliphatic heterocycles. The van der Waals surface area contributed by atoms with Crippen LogP contribution in [0, 0.1) is 0 Å². The maximum Gasteiger partial charge on any atom is 0.359 e. The van der Waals surface area contributed by atoms with Crippen LogP contribution in [0.1, 0.15) is 16.1 Å². The maximum atomic E-state index is 12.4. The number of aromatic nitrogens is 2. The number of nitrogens with zero attached hydrogens (tertiary/aromatic N) is 2. The molecule has 0 aliphatic rings. The Kier molecular flexibility index (Phi) is 4.29. The minimum atomic E-state index is -0.579. The first-order valence-electron chi connectivity index (χ1n) is 7.36. The first-order chi connectivity index (χ1) is 11.6. The largest absolute Gasteiger partial charge is 0.497 e. The van der Waals surface area contributed by atoms with E-state index in [1.54, 1.807) is 37.4 Å². The summed E-state index contributed by atoms with van der Waals surface area (Å²) in [6.45, 7) is 0.0921. The van der Waals surface area contributed by atoms with Crippen molar-refractivity contribution < 1.29 is 14.3 Å². The fourth-order valence-electron chi connectivity index (χ4n) is 2.43. The van der Waals surface area contributed by atoms with Gasteiger partial charge in [0.05, 0.1) is 12.5 Å². The highest BCUT2D eigenvalue weighted by Crippen LogP contribution is 2.16. The zero-order chi connectivity index (χ0) is 17.1. The molecular formula is C18H16N2O4. The van der Waals surface area contributed by atoms with Crippen molar-refractivity contribution in [2.45, 2.75) is 6.61 Å². The molecule has 122 valence electrons. The van der Waals surface area contributed by atoms with Gasteiger partial charge in [-0.2, -0.15) is 5.10 Å². The van der Waals surface area contributed by atoms with Crippen LogP contribution in [0.3, 0.4) is 0 Å². The van der Waals surface area contributed by atoms with Crippen molar-refractivity contribution in [3.8, 4) is 5.75 Å². The second-order valence-corrected chi connectivity index (χ2v) is 5.25. The van der Waals surface area contributed by atoms with Crippen LogP contribution in [-0.4, -0.2) is 22.9 Å². The molecule has 6 nitrogen and oxygen atoms in total. The molecule has 0 atom stereocenters. The summed E-state index contributed by atoms with van der Waals surface area (Å²) in [7, 11) is 3.08. The summed E-state index contributed by atoms with van der Waals surface area (Å²) < 4.78 is 11.6. The highest BCUT2D eigenvalue weighted by Gasteiger charge is 2.17. The van der Waals surface area contributed by atoms with Gasteiger partial charge in [-0.05, 0) is 23.8 Å². The molecule has 6 heteroatoms. The Hall–Kier alpha value is -3.15. The van der Waals surface area contributed by atoms with Gasteiger partial charge in [0.15, 0.2) is 5.69 Å². The molecule has 0 aliphatic carbocycles. The normalized spacial score (nSPS) is 10.6. The van der Waals surface area contributed by atoms with E-state index in [1.807, 2.05) is 18.2 Å². The van der Waals surface area contributed by atoms with Crippen LogP contribution >= 0.6 is 0 Å². The van der Waals surface area contributed by atoms with Gasteiger partial charge in [0.1, 0.15) is 12.4 Å². The Bertz CT molecular complexity index is 963. The molecule has 0 radical (unpaired) electrons. The van der Waals surface area contributed by atoms with Gasteiger partial charge in [0.25, 0.3) is 5.56 Å². The molecule has 1 heterocycles. The zero-order valence-electron chi connectivity index (χ0n) is 13.4. The fraction of sp³-hybridized carbons (Fsp3) is 0.167. The van der Waals surface area contributed by atoms with Crippen molar-refractivity contribution in [2.24, 2.45) is 7.05 Å². The molecule has 1 aromatic heterocycles. The predicted octanol–water partition coefficient (Wildman–Crippen LogP) is 2.30. The number of fused-ring (bicyclic) bond motifs is 1. The van der Waals surface area contributed by atoms with E-state index < -0.39 is 5.97 Å². The minimum absolute atomic E-state index is 0.0921. The van der Waals surface area contributed by atoms with Crippen molar-refractivity contribution in [3.63, 3.8) is 0 Å². The van der Waals surface area contributed by atoms with Gasteiger partial charge in [0.2, 0.25) is 0 Å². The van der Waals surface area contributed by atoms with E-state index in [4.69, 9.17) is 9.47 Å². The minimum Gasteiger partial charge on any atom is -0.497 e. The van der Waals surface area contributed by atoms with E-state index in [1.165, 1.54) is 7.05 Å². The highest BCUT2D eigenvalue weighted by atomic mass is 16.5. The van der Waals surface area contributed by atoms with Gasteiger partial charge in [-0.1, -0.05) is 30.3 Å². The average Bonchev–Trinajstić information content (AvgIpc) is 2.63. The lowest BCUT2D eigenvalue weighted by molar-refractivity contribution is 0.0465. The number of hydrogen-bond donors (Lipinski definition) is 0. The second kappa shape index (κ2) is 6.54. The molecule has 0 spiro atoms. The van der Waals surface area contributed by atoms with Gasteiger partial charge in [-0.3, -0.25) is 4.79 Å². The van der Waals surface area contributed by atoms with Crippen LogP contribution < -0.4 is 10.3 Å². The molecule has 0 saturated heterocycles. The Morgan fingerprint density at radius 3 is 2.62 bits per heavy atom. The number of ether oxygens (including phenoxy) is 2. The van der Waals surface area contributed by atoms with E-state index in [2.05, 4.69) is 5.10 Å². The van der Waals surface area contributed by atoms with Crippen LogP contribution in [-0.2, 0) is 18.4 Å². The third-order valence-corrected chi connectivity index (χ3v) is 3.65. The van der Waals surface area contributed by atoms with Crippen molar-refractivity contribution >= 4 is 16.7 Å².